The number of hydrogen-bond donors (Lipinski definition) is 10. The summed E-state index contributed by atoms with van der Waals surface area (Å²) in [5.74, 6) is -7.08. The molecule has 20 nitrogen and oxygen atoms in total. The lowest BCUT2D eigenvalue weighted by atomic mass is 9.72. The number of Topliss-reactive ketones (excluding diaryl/α,β-unsaturated/α-hetero) is 1. The van der Waals surface area contributed by atoms with Crippen LogP contribution in [0.4, 0.5) is 0 Å². The normalized spacial score (nSPS) is 20.6. The maximum atomic E-state index is 14.1. The SMILES string of the molecule is COc1cccc2c1C(=O)c1c(O)c3c(c(O)c1C2=O)C[C@@](O)(C(=O)CO)C[C@@H]3O[C@H]1C[C@H](NC(=O)CNC(=O)[C@H](Cc2ccccc2)NC(=O)CNC(=O)CNC(c2ccccc2)(c2ccccc2)c2ccccc2)[C@H](O)[C@H](C)O1. The summed E-state index contributed by atoms with van der Waals surface area (Å²) in [5, 5.41) is 70.6. The lowest BCUT2D eigenvalue weighted by molar-refractivity contribution is -0.249. The van der Waals surface area contributed by atoms with Crippen molar-refractivity contribution in [2.45, 2.75) is 80.4 Å². The summed E-state index contributed by atoms with van der Waals surface area (Å²) in [6, 6.07) is 39.7. The third-order valence-electron chi connectivity index (χ3n) is 15.0. The second-order valence-corrected chi connectivity index (χ2v) is 20.2. The monoisotopic (exact) mass is 1100 g/mol. The second-order valence-electron chi connectivity index (χ2n) is 20.2. The van der Waals surface area contributed by atoms with Crippen LogP contribution in [0.5, 0.6) is 17.2 Å². The first-order valence-electron chi connectivity index (χ1n) is 26.3. The zero-order valence-corrected chi connectivity index (χ0v) is 44.2. The van der Waals surface area contributed by atoms with Crippen LogP contribution in [0, 0.1) is 0 Å². The van der Waals surface area contributed by atoms with Crippen molar-refractivity contribution in [1.82, 2.24) is 26.6 Å². The summed E-state index contributed by atoms with van der Waals surface area (Å²) in [6.07, 6.45) is -7.01. The fourth-order valence-electron chi connectivity index (χ4n) is 11.0. The predicted octanol–water partition coefficient (Wildman–Crippen LogP) is 2.70. The maximum absolute atomic E-state index is 14.1. The number of rotatable bonds is 20. The van der Waals surface area contributed by atoms with Crippen LogP contribution in [-0.4, -0.2) is 136 Å². The van der Waals surface area contributed by atoms with Gasteiger partial charge in [0.15, 0.2) is 17.9 Å². The number of methoxy groups -OCH3 is 1. The van der Waals surface area contributed by atoms with Crippen LogP contribution in [0.1, 0.15) is 91.1 Å². The second kappa shape index (κ2) is 24.4. The van der Waals surface area contributed by atoms with Crippen molar-refractivity contribution < 1.29 is 73.3 Å². The van der Waals surface area contributed by atoms with E-state index in [2.05, 4.69) is 26.6 Å². The van der Waals surface area contributed by atoms with Crippen molar-refractivity contribution in [3.05, 3.63) is 195 Å². The molecule has 0 bridgehead atoms. The van der Waals surface area contributed by atoms with Gasteiger partial charge in [-0.05, 0) is 35.2 Å². The average molecular weight is 1100 g/mol. The Bertz CT molecular complexity index is 3250. The van der Waals surface area contributed by atoms with Crippen LogP contribution in [0.25, 0.3) is 0 Å². The van der Waals surface area contributed by atoms with Crippen molar-refractivity contribution in [3.8, 4) is 17.2 Å². The Morgan fingerprint density at radius 2 is 1.30 bits per heavy atom. The number of ether oxygens (including phenoxy) is 3. The van der Waals surface area contributed by atoms with E-state index in [1.807, 2.05) is 91.0 Å². The van der Waals surface area contributed by atoms with Gasteiger partial charge in [-0.3, -0.25) is 38.9 Å². The highest BCUT2D eigenvalue weighted by Gasteiger charge is 2.50. The number of aromatic hydroxyl groups is 2. The molecule has 4 amide bonds. The highest BCUT2D eigenvalue weighted by atomic mass is 16.7. The molecular formula is C61H61N5O15. The highest BCUT2D eigenvalue weighted by molar-refractivity contribution is 6.31. The van der Waals surface area contributed by atoms with Crippen LogP contribution < -0.4 is 31.3 Å². The highest BCUT2D eigenvalue weighted by Crippen LogP contribution is 2.52. The molecule has 7 atom stereocenters. The summed E-state index contributed by atoms with van der Waals surface area (Å²) >= 11 is 0. The van der Waals surface area contributed by atoms with E-state index in [0.717, 1.165) is 16.7 Å². The van der Waals surface area contributed by atoms with E-state index in [0.29, 0.717) is 5.56 Å². The molecular weight excluding hydrogens is 1040 g/mol. The molecule has 9 rings (SSSR count). The van der Waals surface area contributed by atoms with E-state index < -0.39 is 144 Å². The van der Waals surface area contributed by atoms with Gasteiger partial charge in [0.1, 0.15) is 41.6 Å². The van der Waals surface area contributed by atoms with Gasteiger partial charge in [-0.1, -0.05) is 133 Å². The van der Waals surface area contributed by atoms with Gasteiger partial charge in [-0.25, -0.2) is 0 Å². The quantitative estimate of drug-likeness (QED) is 0.0388. The summed E-state index contributed by atoms with van der Waals surface area (Å²) in [5.41, 5.74) is -2.09. The van der Waals surface area contributed by atoms with Gasteiger partial charge in [-0.15, -0.1) is 0 Å². The summed E-state index contributed by atoms with van der Waals surface area (Å²) in [6.45, 7) is -1.000. The largest absolute Gasteiger partial charge is 0.507 e. The molecule has 1 fully saturated rings. The van der Waals surface area contributed by atoms with Crippen LogP contribution in [0.15, 0.2) is 140 Å². The van der Waals surface area contributed by atoms with Crippen molar-refractivity contribution in [2.75, 3.05) is 33.4 Å². The Morgan fingerprint density at radius 3 is 1.89 bits per heavy atom. The number of ketones is 3. The zero-order valence-electron chi connectivity index (χ0n) is 44.2. The number of phenolic OH excluding ortho intramolecular Hbond substituents is 2. The van der Waals surface area contributed by atoms with E-state index in [4.69, 9.17) is 14.2 Å². The van der Waals surface area contributed by atoms with Crippen LogP contribution in [-0.2, 0) is 51.8 Å². The summed E-state index contributed by atoms with van der Waals surface area (Å²) < 4.78 is 17.6. The van der Waals surface area contributed by atoms with E-state index in [-0.39, 0.29) is 47.4 Å². The fourth-order valence-corrected chi connectivity index (χ4v) is 11.0. The van der Waals surface area contributed by atoms with Gasteiger partial charge in [0.05, 0.1) is 67.2 Å². The van der Waals surface area contributed by atoms with E-state index in [1.165, 1.54) is 32.2 Å². The van der Waals surface area contributed by atoms with Crippen LogP contribution in [0.2, 0.25) is 0 Å². The molecule has 0 radical (unpaired) electrons. The van der Waals surface area contributed by atoms with Crippen molar-refractivity contribution in [2.24, 2.45) is 0 Å². The van der Waals surface area contributed by atoms with Gasteiger partial charge in [0.2, 0.25) is 29.4 Å². The lowest BCUT2D eigenvalue weighted by Crippen LogP contribution is -2.57. The molecule has 10 N–H and O–H groups in total. The first kappa shape index (κ1) is 57.1. The predicted molar refractivity (Wildman–Crippen MR) is 291 cm³/mol. The molecule has 0 unspecified atom stereocenters. The average Bonchev–Trinajstić information content (AvgIpc) is 3.65. The minimum absolute atomic E-state index is 0.00387. The maximum Gasteiger partial charge on any atom is 0.243 e. The molecule has 0 spiro atoms. The number of hydrogen-bond acceptors (Lipinski definition) is 16. The number of carbonyl (C=O) groups is 7. The molecule has 6 aromatic carbocycles. The molecule has 420 valence electrons. The number of carbonyl (C=O) groups excluding carboxylic acids is 7. The van der Waals surface area contributed by atoms with Crippen molar-refractivity contribution in [1.29, 1.82) is 0 Å². The molecule has 0 aromatic heterocycles. The summed E-state index contributed by atoms with van der Waals surface area (Å²) in [4.78, 5) is 95.8. The molecule has 1 heterocycles. The third-order valence-corrected chi connectivity index (χ3v) is 15.0. The van der Waals surface area contributed by atoms with E-state index >= 15 is 0 Å². The minimum atomic E-state index is -2.43. The molecule has 1 aliphatic heterocycles. The topological polar surface area (TPSA) is 308 Å². The number of benzene rings is 6. The lowest BCUT2D eigenvalue weighted by Gasteiger charge is -2.43. The molecule has 81 heavy (non-hydrogen) atoms. The number of fused-ring (bicyclic) bond motifs is 3. The van der Waals surface area contributed by atoms with Gasteiger partial charge < -0.3 is 61.0 Å². The fraction of sp³-hybridized carbons (Fsp3) is 0.295. The third kappa shape index (κ3) is 11.7. The van der Waals surface area contributed by atoms with E-state index in [9.17, 15) is 59.1 Å². The Labute approximate surface area is 465 Å². The number of aliphatic hydroxyl groups excluding tert-OH is 2. The first-order chi connectivity index (χ1) is 39.0. The van der Waals surface area contributed by atoms with Crippen LogP contribution >= 0.6 is 0 Å². The molecule has 0 saturated carbocycles. The molecule has 2 aliphatic carbocycles. The first-order valence-corrected chi connectivity index (χ1v) is 26.3. The summed E-state index contributed by atoms with van der Waals surface area (Å²) in [7, 11) is 1.29. The Kier molecular flexibility index (Phi) is 17.2. The minimum Gasteiger partial charge on any atom is -0.507 e. The van der Waals surface area contributed by atoms with E-state index in [1.54, 1.807) is 30.3 Å². The Morgan fingerprint density at radius 1 is 0.716 bits per heavy atom. The Hall–Kier alpha value is -8.63. The molecule has 20 heteroatoms. The van der Waals surface area contributed by atoms with Gasteiger partial charge in [-0.2, -0.15) is 0 Å². The van der Waals surface area contributed by atoms with Gasteiger partial charge in [0.25, 0.3) is 0 Å². The van der Waals surface area contributed by atoms with Crippen LogP contribution in [0.3, 0.4) is 0 Å². The Balaban J connectivity index is 0.861. The van der Waals surface area contributed by atoms with Gasteiger partial charge in [0, 0.05) is 42.4 Å². The molecule has 6 aromatic rings. The van der Waals surface area contributed by atoms with Crippen molar-refractivity contribution >= 4 is 41.0 Å². The number of nitrogens with one attached hydrogen (secondary N) is 5. The van der Waals surface area contributed by atoms with Crippen molar-refractivity contribution in [3.63, 3.8) is 0 Å². The smallest absolute Gasteiger partial charge is 0.243 e. The molecule has 1 saturated heterocycles. The number of amides is 4. The number of phenols is 2. The molecule has 3 aliphatic rings. The zero-order chi connectivity index (χ0) is 57.6. The van der Waals surface area contributed by atoms with Gasteiger partial charge >= 0.3 is 0 Å². The number of aliphatic hydroxyl groups is 3. The standard InChI is InChI=1S/C61H61N5O15/c1-34-54(72)41(27-49(80-34)81-44-29-60(78,45(68)33-67)28-40-51(44)58(76)53-52(56(40)74)55(73)39-24-15-25-43(79-2)50(39)57(53)75)65-48(71)31-63-59(77)42(26-35-16-7-3-8-17-35)66-47(70)30-62-46(69)32-64-61(36-18-9-4-10-19-36,37-20-11-5-12-21-37)38-22-13-6-14-23-38/h3-25,34,41-42,44,49,54,64,67,72,74,76,78H,26-33H2,1-2H3,(H,62,69)(H,63,77)(H,65,71)(H,66,70)/t34-,41-,42-,44-,49-,54+,60-/m0/s1.